The van der Waals surface area contributed by atoms with E-state index in [1.807, 2.05) is 41.2 Å². The van der Waals surface area contributed by atoms with Crippen molar-refractivity contribution in [2.24, 2.45) is 0 Å². The van der Waals surface area contributed by atoms with Gasteiger partial charge >= 0.3 is 0 Å². The van der Waals surface area contributed by atoms with E-state index >= 15 is 0 Å². The number of aromatic nitrogens is 4. The van der Waals surface area contributed by atoms with Crippen molar-refractivity contribution in [3.8, 4) is 6.07 Å². The quantitative estimate of drug-likeness (QED) is 0.172. The first-order valence-electron chi connectivity index (χ1n) is 13.9. The van der Waals surface area contributed by atoms with Crippen LogP contribution < -0.4 is 16.0 Å². The Kier molecular flexibility index (Phi) is 7.93. The molecule has 218 valence electrons. The molecule has 3 heterocycles. The molecule has 2 atom stereocenters. The Morgan fingerprint density at radius 2 is 1.95 bits per heavy atom. The lowest BCUT2D eigenvalue weighted by Crippen LogP contribution is -2.46. The zero-order valence-electron chi connectivity index (χ0n) is 23.6. The number of hydrogen-bond donors (Lipinski definition) is 3. The van der Waals surface area contributed by atoms with Crippen LogP contribution in [0.25, 0.3) is 10.9 Å². The predicted molar refractivity (Wildman–Crippen MR) is 168 cm³/mol. The maximum Gasteiger partial charge on any atom is 0.141 e. The Bertz CT molecular complexity index is 1830. The smallest absolute Gasteiger partial charge is 0.141 e. The van der Waals surface area contributed by atoms with E-state index in [4.69, 9.17) is 23.2 Å². The molecule has 11 heteroatoms. The number of nitrogens with zero attached hydrogens (tertiary/aromatic N) is 5. The maximum absolute atomic E-state index is 13.8. The predicted octanol–water partition coefficient (Wildman–Crippen LogP) is 7.79. The van der Waals surface area contributed by atoms with E-state index in [0.717, 1.165) is 30.6 Å². The summed E-state index contributed by atoms with van der Waals surface area (Å²) in [6.07, 6.45) is 5.42. The van der Waals surface area contributed by atoms with Crippen molar-refractivity contribution in [1.29, 1.82) is 5.26 Å². The Balaban J connectivity index is 1.41. The summed E-state index contributed by atoms with van der Waals surface area (Å²) in [5, 5.41) is 30.5. The molecule has 0 aliphatic carbocycles. The van der Waals surface area contributed by atoms with E-state index < -0.39 is 5.82 Å². The van der Waals surface area contributed by atoms with Crippen LogP contribution in [-0.2, 0) is 0 Å². The van der Waals surface area contributed by atoms with Crippen molar-refractivity contribution >= 4 is 51.2 Å². The van der Waals surface area contributed by atoms with E-state index in [9.17, 15) is 9.65 Å². The molecule has 43 heavy (non-hydrogen) atoms. The summed E-state index contributed by atoms with van der Waals surface area (Å²) < 4.78 is 15.8. The van der Waals surface area contributed by atoms with Gasteiger partial charge in [-0.05, 0) is 69.1 Å². The van der Waals surface area contributed by atoms with Gasteiger partial charge < -0.3 is 16.0 Å². The molecule has 0 amide bonds. The summed E-state index contributed by atoms with van der Waals surface area (Å²) in [7, 11) is 0. The number of hydrogen-bond acceptors (Lipinski definition) is 7. The van der Waals surface area contributed by atoms with Crippen LogP contribution in [0.3, 0.4) is 0 Å². The largest absolute Gasteiger partial charge is 0.371 e. The molecule has 6 rings (SSSR count). The monoisotopic (exact) mass is 614 g/mol. The molecule has 2 aromatic heterocycles. The second-order valence-electron chi connectivity index (χ2n) is 11.3. The molecule has 1 fully saturated rings. The van der Waals surface area contributed by atoms with Crippen molar-refractivity contribution in [3.05, 3.63) is 106 Å². The number of rotatable bonds is 7. The summed E-state index contributed by atoms with van der Waals surface area (Å²) in [6, 6.07) is 19.9. The number of fused-ring (bicyclic) bond motifs is 1. The molecule has 1 aliphatic heterocycles. The first kappa shape index (κ1) is 28.9. The summed E-state index contributed by atoms with van der Waals surface area (Å²) in [5.41, 5.74) is 4.30. The molecule has 5 aromatic rings. The fraction of sp³-hybridized carbons (Fsp3) is 0.250. The Morgan fingerprint density at radius 3 is 2.70 bits per heavy atom. The van der Waals surface area contributed by atoms with Crippen LogP contribution >= 0.6 is 23.2 Å². The molecule has 1 saturated heterocycles. The van der Waals surface area contributed by atoms with Crippen molar-refractivity contribution in [1.82, 2.24) is 25.3 Å². The number of pyridine rings is 1. The van der Waals surface area contributed by atoms with Crippen LogP contribution in [0.15, 0.2) is 73.1 Å². The topological polar surface area (TPSA) is 103 Å². The van der Waals surface area contributed by atoms with Crippen molar-refractivity contribution < 1.29 is 4.39 Å². The molecule has 1 unspecified atom stereocenters. The number of halogens is 3. The van der Waals surface area contributed by atoms with Gasteiger partial charge in [-0.15, -0.1) is 5.10 Å². The fourth-order valence-electron chi connectivity index (χ4n) is 5.61. The van der Waals surface area contributed by atoms with E-state index in [1.54, 1.807) is 18.2 Å². The Morgan fingerprint density at radius 1 is 1.14 bits per heavy atom. The molecule has 0 bridgehead atoms. The third kappa shape index (κ3) is 6.13. The average Bonchev–Trinajstić information content (AvgIpc) is 3.48. The minimum absolute atomic E-state index is 0.0186. The van der Waals surface area contributed by atoms with Gasteiger partial charge in [0.15, 0.2) is 0 Å². The number of anilines is 3. The van der Waals surface area contributed by atoms with Gasteiger partial charge in [0.05, 0.1) is 45.8 Å². The fourth-order valence-corrected chi connectivity index (χ4v) is 6.01. The lowest BCUT2D eigenvalue weighted by molar-refractivity contribution is 0.219. The van der Waals surface area contributed by atoms with E-state index in [-0.39, 0.29) is 22.6 Å². The first-order chi connectivity index (χ1) is 20.7. The van der Waals surface area contributed by atoms with Gasteiger partial charge in [-0.1, -0.05) is 58.7 Å². The maximum atomic E-state index is 13.8. The van der Waals surface area contributed by atoms with Gasteiger partial charge in [0.25, 0.3) is 0 Å². The molecular formula is C32H29Cl2FN8. The molecule has 1 aliphatic rings. The van der Waals surface area contributed by atoms with Gasteiger partial charge in [-0.3, -0.25) is 4.98 Å². The zero-order valence-corrected chi connectivity index (χ0v) is 25.1. The van der Waals surface area contributed by atoms with Gasteiger partial charge in [-0.25, -0.2) is 9.07 Å². The Labute approximate surface area is 258 Å². The number of piperidine rings is 1. The van der Waals surface area contributed by atoms with Crippen LogP contribution in [0.2, 0.25) is 10.0 Å². The summed E-state index contributed by atoms with van der Waals surface area (Å²) in [5.74, 6) is -0.533. The van der Waals surface area contributed by atoms with Crippen molar-refractivity contribution in [2.75, 3.05) is 17.2 Å². The van der Waals surface area contributed by atoms with E-state index in [1.165, 1.54) is 18.3 Å². The first-order valence-corrected chi connectivity index (χ1v) is 14.7. The normalized spacial score (nSPS) is 16.9. The highest BCUT2D eigenvalue weighted by Gasteiger charge is 2.30. The van der Waals surface area contributed by atoms with Crippen LogP contribution in [0.1, 0.15) is 55.6 Å². The van der Waals surface area contributed by atoms with E-state index in [2.05, 4.69) is 51.2 Å². The second kappa shape index (κ2) is 11.8. The minimum atomic E-state index is -0.533. The molecule has 0 saturated carbocycles. The standard InChI is InChI=1S/C32H29Cl2FN8/c1-32(2)15-23(10-11-38-32)43-18-28(41-42-43)30(19-6-4-3-5-7-19)40-27-13-21(33)12-24-29(20(16-36)17-37-31(24)27)39-22-8-9-26(35)25(34)14-22/h3-9,12-14,17-18,23,30,38,40H,10-11,15H2,1-2H3,(H,37,39)/t23?,30-/m0/s1. The summed E-state index contributed by atoms with van der Waals surface area (Å²) >= 11 is 12.7. The molecule has 0 spiro atoms. The molecule has 8 nitrogen and oxygen atoms in total. The highest BCUT2D eigenvalue weighted by molar-refractivity contribution is 6.32. The van der Waals surface area contributed by atoms with Crippen LogP contribution in [0, 0.1) is 17.1 Å². The Hall–Kier alpha value is -4.23. The highest BCUT2D eigenvalue weighted by atomic mass is 35.5. The zero-order chi connectivity index (χ0) is 30.1. The number of nitrogens with one attached hydrogen (secondary N) is 3. The summed E-state index contributed by atoms with van der Waals surface area (Å²) in [4.78, 5) is 4.64. The molecular weight excluding hydrogens is 586 g/mol. The van der Waals surface area contributed by atoms with Gasteiger partial charge in [0, 0.05) is 27.8 Å². The van der Waals surface area contributed by atoms with Crippen LogP contribution in [0.5, 0.6) is 0 Å². The second-order valence-corrected chi connectivity index (χ2v) is 12.2. The van der Waals surface area contributed by atoms with Crippen molar-refractivity contribution in [3.63, 3.8) is 0 Å². The van der Waals surface area contributed by atoms with E-state index in [0.29, 0.717) is 38.6 Å². The van der Waals surface area contributed by atoms with Crippen molar-refractivity contribution in [2.45, 2.75) is 44.3 Å². The average molecular weight is 616 g/mol. The molecule has 3 N–H and O–H groups in total. The van der Waals surface area contributed by atoms with Gasteiger partial charge in [0.2, 0.25) is 0 Å². The highest BCUT2D eigenvalue weighted by Crippen LogP contribution is 2.38. The lowest BCUT2D eigenvalue weighted by atomic mass is 9.89. The lowest BCUT2D eigenvalue weighted by Gasteiger charge is -2.36. The minimum Gasteiger partial charge on any atom is -0.371 e. The number of nitriles is 1. The van der Waals surface area contributed by atoms with Gasteiger partial charge in [0.1, 0.15) is 17.6 Å². The molecule has 3 aromatic carbocycles. The van der Waals surface area contributed by atoms with Gasteiger partial charge in [-0.2, -0.15) is 5.26 Å². The number of benzene rings is 3. The SMILES string of the molecule is CC1(C)CC(n2cc([C@@H](Nc3cc(Cl)cc4c(Nc5ccc(F)c(Cl)c5)c(C#N)cnc34)c3ccccc3)nn2)CCN1. The summed E-state index contributed by atoms with van der Waals surface area (Å²) in [6.45, 7) is 5.32. The third-order valence-electron chi connectivity index (χ3n) is 7.70. The third-order valence-corrected chi connectivity index (χ3v) is 8.21. The van der Waals surface area contributed by atoms with Crippen LogP contribution in [0.4, 0.5) is 21.5 Å². The molecule has 0 radical (unpaired) electrons. The van der Waals surface area contributed by atoms with Crippen LogP contribution in [-0.4, -0.2) is 32.1 Å².